The summed E-state index contributed by atoms with van der Waals surface area (Å²) in [5.41, 5.74) is 14.4. The molecule has 0 radical (unpaired) electrons. The van der Waals surface area contributed by atoms with Crippen molar-refractivity contribution in [1.29, 1.82) is 0 Å². The van der Waals surface area contributed by atoms with Crippen LogP contribution < -0.4 is 22.2 Å². The molecule has 2 aromatic heterocycles. The molecule has 0 bridgehead atoms. The zero-order chi connectivity index (χ0) is 25.4. The van der Waals surface area contributed by atoms with E-state index in [0.29, 0.717) is 44.4 Å². The lowest BCUT2D eigenvalue weighted by molar-refractivity contribution is 0.100. The van der Waals surface area contributed by atoms with E-state index in [2.05, 4.69) is 10.3 Å². The summed E-state index contributed by atoms with van der Waals surface area (Å²) < 4.78 is 15.4. The van der Waals surface area contributed by atoms with Crippen molar-refractivity contribution in [3.8, 4) is 5.95 Å². The third kappa shape index (κ3) is 4.15. The molecule has 1 amide bonds. The monoisotopic (exact) mass is 484 g/mol. The molecule has 0 atom stereocenters. The van der Waals surface area contributed by atoms with Crippen molar-refractivity contribution in [2.45, 2.75) is 13.1 Å². The van der Waals surface area contributed by atoms with Crippen molar-refractivity contribution < 1.29 is 19.2 Å². The average molecular weight is 484 g/mol. The van der Waals surface area contributed by atoms with Crippen LogP contribution in [0.3, 0.4) is 0 Å². The van der Waals surface area contributed by atoms with Gasteiger partial charge in [0.25, 0.3) is 0 Å². The Hall–Kier alpha value is -4.32. The molecule has 0 aliphatic carbocycles. The summed E-state index contributed by atoms with van der Waals surface area (Å²) in [6.07, 6.45) is 0. The van der Waals surface area contributed by atoms with Gasteiger partial charge in [-0.3, -0.25) is 9.36 Å². The molecule has 0 fully saturated rings. The quantitative estimate of drug-likeness (QED) is 0.220. The maximum absolute atomic E-state index is 13.7. The molecule has 9 nitrogen and oxygen atoms in total. The zero-order valence-electron chi connectivity index (χ0n) is 19.0. The Balaban J connectivity index is 1.74. The van der Waals surface area contributed by atoms with E-state index in [0.717, 1.165) is 0 Å². The van der Waals surface area contributed by atoms with Gasteiger partial charge in [0.2, 0.25) is 11.9 Å². The van der Waals surface area contributed by atoms with Gasteiger partial charge in [0, 0.05) is 40.6 Å². The fourth-order valence-corrected chi connectivity index (χ4v) is 4.33. The Morgan fingerprint density at radius 1 is 1.03 bits per heavy atom. The third-order valence-corrected chi connectivity index (χ3v) is 5.97. The lowest BCUT2D eigenvalue weighted by Gasteiger charge is -2.15. The Labute approximate surface area is 205 Å². The van der Waals surface area contributed by atoms with Crippen LogP contribution in [-0.2, 0) is 13.1 Å². The SMILES string of the molecule is NCc1cc2c(C(N)=O)cccc2n1-c1nc(NCc2cccc(F)c2)c2cccc(B(O)O)c2n1. The second-order valence-corrected chi connectivity index (χ2v) is 8.25. The van der Waals surface area contributed by atoms with Crippen LogP contribution in [-0.4, -0.2) is 37.6 Å². The van der Waals surface area contributed by atoms with Crippen LogP contribution in [0.2, 0.25) is 0 Å². The number of para-hydroxylation sites is 1. The molecule has 0 unspecified atom stereocenters. The zero-order valence-corrected chi connectivity index (χ0v) is 19.0. The fraction of sp³-hybridized carbons (Fsp3) is 0.0800. The first-order valence-electron chi connectivity index (χ1n) is 11.2. The maximum atomic E-state index is 13.7. The van der Waals surface area contributed by atoms with Crippen molar-refractivity contribution >= 4 is 46.1 Å². The molecule has 0 aliphatic heterocycles. The van der Waals surface area contributed by atoms with Crippen LogP contribution in [0.4, 0.5) is 10.2 Å². The number of carbonyl (C=O) groups excluding carboxylic acids is 1. The number of anilines is 1. The molecular formula is C25H22BFN6O3. The standard InChI is InChI=1S/C25H22BFN6O3/c27-15-5-1-4-14(10-15)13-30-24-18-7-2-8-20(26(35)36)22(18)31-25(32-24)33-16(12-28)11-19-17(23(29)34)6-3-9-21(19)33/h1-11,35-36H,12-13,28H2,(H2,29,34)(H,30,31,32). The van der Waals surface area contributed by atoms with Crippen LogP contribution >= 0.6 is 0 Å². The molecule has 11 heteroatoms. The number of benzene rings is 3. The van der Waals surface area contributed by atoms with E-state index in [1.807, 2.05) is 0 Å². The number of primary amides is 1. The summed E-state index contributed by atoms with van der Waals surface area (Å²) in [5.74, 6) is -0.333. The molecule has 5 aromatic rings. The largest absolute Gasteiger partial charge is 0.490 e. The first-order valence-corrected chi connectivity index (χ1v) is 11.2. The van der Waals surface area contributed by atoms with E-state index in [-0.39, 0.29) is 30.3 Å². The smallest absolute Gasteiger partial charge is 0.423 e. The normalized spacial score (nSPS) is 11.2. The van der Waals surface area contributed by atoms with Gasteiger partial charge in [0.05, 0.1) is 11.0 Å². The lowest BCUT2D eigenvalue weighted by atomic mass is 9.79. The van der Waals surface area contributed by atoms with Gasteiger partial charge < -0.3 is 26.8 Å². The average Bonchev–Trinajstić information content (AvgIpc) is 3.25. The van der Waals surface area contributed by atoms with Gasteiger partial charge >= 0.3 is 7.12 Å². The van der Waals surface area contributed by atoms with Gasteiger partial charge in [-0.1, -0.05) is 30.3 Å². The molecule has 36 heavy (non-hydrogen) atoms. The minimum Gasteiger partial charge on any atom is -0.423 e. The molecule has 3 aromatic carbocycles. The molecule has 7 N–H and O–H groups in total. The number of fused-ring (bicyclic) bond motifs is 2. The lowest BCUT2D eigenvalue weighted by Crippen LogP contribution is -2.31. The Bertz CT molecular complexity index is 1620. The molecule has 2 heterocycles. The number of hydrogen-bond acceptors (Lipinski definition) is 7. The van der Waals surface area contributed by atoms with E-state index < -0.39 is 13.0 Å². The summed E-state index contributed by atoms with van der Waals surface area (Å²) in [6.45, 7) is 0.377. The third-order valence-electron chi connectivity index (χ3n) is 5.97. The minimum atomic E-state index is -1.77. The van der Waals surface area contributed by atoms with E-state index in [1.165, 1.54) is 12.1 Å². The summed E-state index contributed by atoms with van der Waals surface area (Å²) in [6, 6.07) is 18.0. The van der Waals surface area contributed by atoms with E-state index in [1.54, 1.807) is 59.2 Å². The molecule has 0 spiro atoms. The van der Waals surface area contributed by atoms with Crippen LogP contribution in [0, 0.1) is 5.82 Å². The van der Waals surface area contributed by atoms with Crippen LogP contribution in [0.5, 0.6) is 0 Å². The fourth-order valence-electron chi connectivity index (χ4n) is 4.33. The minimum absolute atomic E-state index is 0.116. The van der Waals surface area contributed by atoms with E-state index in [4.69, 9.17) is 16.5 Å². The number of carbonyl (C=O) groups is 1. The van der Waals surface area contributed by atoms with E-state index in [9.17, 15) is 19.2 Å². The van der Waals surface area contributed by atoms with Crippen LogP contribution in [0.25, 0.3) is 27.8 Å². The summed E-state index contributed by atoms with van der Waals surface area (Å²) >= 11 is 0. The summed E-state index contributed by atoms with van der Waals surface area (Å²) in [7, 11) is -1.77. The number of hydrogen-bond donors (Lipinski definition) is 5. The van der Waals surface area contributed by atoms with Crippen molar-refractivity contribution in [3.05, 3.63) is 89.4 Å². The summed E-state index contributed by atoms with van der Waals surface area (Å²) in [5, 5.41) is 24.4. The first-order chi connectivity index (χ1) is 17.4. The number of nitrogens with two attached hydrogens (primary N) is 2. The highest BCUT2D eigenvalue weighted by Gasteiger charge is 2.22. The molecule has 5 rings (SSSR count). The highest BCUT2D eigenvalue weighted by molar-refractivity contribution is 6.61. The van der Waals surface area contributed by atoms with Gasteiger partial charge in [-0.15, -0.1) is 0 Å². The molecule has 0 aliphatic rings. The molecule has 0 saturated carbocycles. The van der Waals surface area contributed by atoms with E-state index >= 15 is 0 Å². The topological polar surface area (TPSA) is 152 Å². The summed E-state index contributed by atoms with van der Waals surface area (Å²) in [4.78, 5) is 21.4. The highest BCUT2D eigenvalue weighted by atomic mass is 19.1. The Morgan fingerprint density at radius 3 is 2.53 bits per heavy atom. The second kappa shape index (κ2) is 9.38. The molecule has 0 saturated heterocycles. The van der Waals surface area contributed by atoms with Crippen LogP contribution in [0.1, 0.15) is 21.6 Å². The van der Waals surface area contributed by atoms with Crippen LogP contribution in [0.15, 0.2) is 66.7 Å². The van der Waals surface area contributed by atoms with Crippen molar-refractivity contribution in [1.82, 2.24) is 14.5 Å². The van der Waals surface area contributed by atoms with Gasteiger partial charge in [0.1, 0.15) is 11.6 Å². The number of nitrogens with zero attached hydrogens (tertiary/aromatic N) is 3. The second-order valence-electron chi connectivity index (χ2n) is 8.25. The van der Waals surface area contributed by atoms with Gasteiger partial charge in [0.15, 0.2) is 0 Å². The number of rotatable bonds is 7. The van der Waals surface area contributed by atoms with Gasteiger partial charge in [-0.25, -0.2) is 9.37 Å². The Morgan fingerprint density at radius 2 is 1.81 bits per heavy atom. The number of nitrogens with one attached hydrogen (secondary N) is 1. The van der Waals surface area contributed by atoms with Gasteiger partial charge in [-0.05, 0) is 42.0 Å². The first kappa shape index (κ1) is 23.4. The van der Waals surface area contributed by atoms with Crippen molar-refractivity contribution in [2.24, 2.45) is 11.5 Å². The predicted molar refractivity (Wildman–Crippen MR) is 136 cm³/mol. The number of amides is 1. The highest BCUT2D eigenvalue weighted by Crippen LogP contribution is 2.28. The van der Waals surface area contributed by atoms with Crippen molar-refractivity contribution in [3.63, 3.8) is 0 Å². The predicted octanol–water partition coefficient (Wildman–Crippen LogP) is 1.56. The number of aromatic nitrogens is 3. The molecule has 180 valence electrons. The number of halogens is 1. The van der Waals surface area contributed by atoms with Gasteiger partial charge in [-0.2, -0.15) is 4.98 Å². The Kier molecular flexibility index (Phi) is 6.11. The molecular weight excluding hydrogens is 462 g/mol. The maximum Gasteiger partial charge on any atom is 0.490 e. The van der Waals surface area contributed by atoms with Crippen molar-refractivity contribution in [2.75, 3.05) is 5.32 Å².